The highest BCUT2D eigenvalue weighted by molar-refractivity contribution is 5.86. The molecule has 2 nitrogen and oxygen atoms in total. The molecule has 20 heavy (non-hydrogen) atoms. The van der Waals surface area contributed by atoms with E-state index in [1.54, 1.807) is 0 Å². The number of para-hydroxylation sites is 1. The van der Waals surface area contributed by atoms with Gasteiger partial charge in [0.25, 0.3) is 0 Å². The van der Waals surface area contributed by atoms with E-state index in [-0.39, 0.29) is 5.92 Å². The van der Waals surface area contributed by atoms with Gasteiger partial charge in [-0.2, -0.15) is 0 Å². The molecule has 2 aromatic rings. The summed E-state index contributed by atoms with van der Waals surface area (Å²) in [5.41, 5.74) is 1.12. The Labute approximate surface area is 119 Å². The summed E-state index contributed by atoms with van der Waals surface area (Å²) in [6.45, 7) is 0. The topological polar surface area (TPSA) is 26.3 Å². The molecule has 1 aliphatic carbocycles. The number of carbonyl (C=O) groups excluding carboxylic acids is 1. The molecule has 1 unspecified atom stereocenters. The Morgan fingerprint density at radius 1 is 0.850 bits per heavy atom. The van der Waals surface area contributed by atoms with Crippen molar-refractivity contribution in [3.8, 4) is 11.5 Å². The molecule has 1 aliphatic rings. The molecule has 0 amide bonds. The van der Waals surface area contributed by atoms with Gasteiger partial charge in [-0.15, -0.1) is 0 Å². The first-order chi connectivity index (χ1) is 9.83. The van der Waals surface area contributed by atoms with Gasteiger partial charge >= 0.3 is 0 Å². The largest absolute Gasteiger partial charge is 0.457 e. The van der Waals surface area contributed by atoms with Crippen LogP contribution in [0.25, 0.3) is 0 Å². The fraction of sp³-hybridized carbons (Fsp3) is 0.278. The third-order valence-electron chi connectivity index (χ3n) is 3.82. The van der Waals surface area contributed by atoms with Gasteiger partial charge in [-0.05, 0) is 42.7 Å². The molecule has 0 saturated heterocycles. The molecule has 3 rings (SSSR count). The van der Waals surface area contributed by atoms with E-state index in [1.807, 2.05) is 54.6 Å². The maximum Gasteiger partial charge on any atom is 0.140 e. The van der Waals surface area contributed by atoms with E-state index in [4.69, 9.17) is 4.74 Å². The van der Waals surface area contributed by atoms with Crippen LogP contribution in [0.3, 0.4) is 0 Å². The van der Waals surface area contributed by atoms with Crippen molar-refractivity contribution in [1.82, 2.24) is 0 Å². The number of rotatable bonds is 3. The molecule has 1 saturated carbocycles. The van der Waals surface area contributed by atoms with E-state index in [2.05, 4.69) is 0 Å². The minimum atomic E-state index is 0.0922. The zero-order valence-electron chi connectivity index (χ0n) is 11.4. The first-order valence-electron chi connectivity index (χ1n) is 7.18. The molecule has 0 heterocycles. The molecule has 0 N–H and O–H groups in total. The smallest absolute Gasteiger partial charge is 0.140 e. The van der Waals surface area contributed by atoms with Crippen LogP contribution in [0.5, 0.6) is 11.5 Å². The minimum Gasteiger partial charge on any atom is -0.457 e. The van der Waals surface area contributed by atoms with Gasteiger partial charge in [0.1, 0.15) is 17.3 Å². The summed E-state index contributed by atoms with van der Waals surface area (Å²) < 4.78 is 5.76. The number of ether oxygens (including phenoxy) is 1. The van der Waals surface area contributed by atoms with Crippen molar-refractivity contribution < 1.29 is 9.53 Å². The quantitative estimate of drug-likeness (QED) is 0.804. The fourth-order valence-corrected chi connectivity index (χ4v) is 2.73. The lowest BCUT2D eigenvalue weighted by molar-refractivity contribution is -0.121. The van der Waals surface area contributed by atoms with Gasteiger partial charge in [-0.1, -0.05) is 36.8 Å². The fourth-order valence-electron chi connectivity index (χ4n) is 2.73. The van der Waals surface area contributed by atoms with E-state index < -0.39 is 0 Å². The van der Waals surface area contributed by atoms with Crippen LogP contribution in [0.1, 0.15) is 37.2 Å². The second-order valence-corrected chi connectivity index (χ2v) is 5.25. The maximum atomic E-state index is 11.9. The Bertz CT molecular complexity index is 572. The first-order valence-corrected chi connectivity index (χ1v) is 7.18. The molecule has 102 valence electrons. The average molecular weight is 266 g/mol. The molecule has 0 spiro atoms. The minimum absolute atomic E-state index is 0.0922. The van der Waals surface area contributed by atoms with Crippen molar-refractivity contribution in [1.29, 1.82) is 0 Å². The van der Waals surface area contributed by atoms with Crippen molar-refractivity contribution in [2.75, 3.05) is 0 Å². The predicted octanol–water partition coefficient (Wildman–Crippen LogP) is 4.71. The highest BCUT2D eigenvalue weighted by Gasteiger charge is 2.23. The lowest BCUT2D eigenvalue weighted by Crippen LogP contribution is -2.16. The number of benzene rings is 2. The number of ketones is 1. The van der Waals surface area contributed by atoms with Crippen molar-refractivity contribution in [3.63, 3.8) is 0 Å². The predicted molar refractivity (Wildman–Crippen MR) is 79.2 cm³/mol. The number of hydrogen-bond acceptors (Lipinski definition) is 2. The summed E-state index contributed by atoms with van der Waals surface area (Å²) in [4.78, 5) is 11.9. The molecular formula is C18H18O2. The first kappa shape index (κ1) is 12.9. The van der Waals surface area contributed by atoms with Gasteiger partial charge in [0.05, 0.1) is 0 Å². The van der Waals surface area contributed by atoms with E-state index in [9.17, 15) is 4.79 Å². The summed E-state index contributed by atoms with van der Waals surface area (Å²) in [7, 11) is 0. The molecule has 1 fully saturated rings. The summed E-state index contributed by atoms with van der Waals surface area (Å²) in [5, 5.41) is 0. The van der Waals surface area contributed by atoms with Crippen LogP contribution >= 0.6 is 0 Å². The molecular weight excluding hydrogens is 248 g/mol. The molecule has 2 heteroatoms. The SMILES string of the molecule is O=C1CCCCC1c1ccc(Oc2ccccc2)cc1. The number of hydrogen-bond donors (Lipinski definition) is 0. The monoisotopic (exact) mass is 266 g/mol. The van der Waals surface area contributed by atoms with Crippen molar-refractivity contribution >= 4 is 5.78 Å². The lowest BCUT2D eigenvalue weighted by atomic mass is 9.83. The average Bonchev–Trinajstić information content (AvgIpc) is 2.50. The zero-order chi connectivity index (χ0) is 13.8. The Balaban J connectivity index is 1.72. The highest BCUT2D eigenvalue weighted by atomic mass is 16.5. The highest BCUT2D eigenvalue weighted by Crippen LogP contribution is 2.31. The van der Waals surface area contributed by atoms with Crippen LogP contribution in [-0.2, 0) is 4.79 Å². The van der Waals surface area contributed by atoms with Crippen molar-refractivity contribution in [2.45, 2.75) is 31.6 Å². The van der Waals surface area contributed by atoms with E-state index >= 15 is 0 Å². The van der Waals surface area contributed by atoms with E-state index in [0.717, 1.165) is 42.7 Å². The second kappa shape index (κ2) is 5.91. The molecule has 0 aliphatic heterocycles. The van der Waals surface area contributed by atoms with Gasteiger partial charge in [-0.3, -0.25) is 4.79 Å². The summed E-state index contributed by atoms with van der Waals surface area (Å²) >= 11 is 0. The van der Waals surface area contributed by atoms with Crippen LogP contribution in [0, 0.1) is 0 Å². The van der Waals surface area contributed by atoms with Gasteiger partial charge in [-0.25, -0.2) is 0 Å². The van der Waals surface area contributed by atoms with Gasteiger partial charge in [0, 0.05) is 12.3 Å². The van der Waals surface area contributed by atoms with Crippen LogP contribution in [0.2, 0.25) is 0 Å². The standard InChI is InChI=1S/C18H18O2/c19-18-9-5-4-8-17(18)14-10-12-16(13-11-14)20-15-6-2-1-3-7-15/h1-3,6-7,10-13,17H,4-5,8-9H2. The second-order valence-electron chi connectivity index (χ2n) is 5.25. The van der Waals surface area contributed by atoms with Crippen LogP contribution < -0.4 is 4.74 Å². The third-order valence-corrected chi connectivity index (χ3v) is 3.82. The van der Waals surface area contributed by atoms with Gasteiger partial charge < -0.3 is 4.74 Å². The van der Waals surface area contributed by atoms with Crippen LogP contribution in [-0.4, -0.2) is 5.78 Å². The van der Waals surface area contributed by atoms with E-state index in [1.165, 1.54) is 0 Å². The summed E-state index contributed by atoms with van der Waals surface area (Å²) in [5.74, 6) is 2.11. The number of Topliss-reactive ketones (excluding diaryl/α,β-unsaturated/α-hetero) is 1. The Morgan fingerprint density at radius 3 is 2.25 bits per heavy atom. The van der Waals surface area contributed by atoms with Crippen LogP contribution in [0.4, 0.5) is 0 Å². The Kier molecular flexibility index (Phi) is 3.82. The number of carbonyl (C=O) groups is 1. The van der Waals surface area contributed by atoms with Crippen molar-refractivity contribution in [3.05, 3.63) is 60.2 Å². The normalized spacial score (nSPS) is 18.8. The maximum absolute atomic E-state index is 11.9. The van der Waals surface area contributed by atoms with Crippen molar-refractivity contribution in [2.24, 2.45) is 0 Å². The lowest BCUT2D eigenvalue weighted by Gasteiger charge is -2.20. The zero-order valence-corrected chi connectivity index (χ0v) is 11.4. The van der Waals surface area contributed by atoms with Gasteiger partial charge in [0.15, 0.2) is 0 Å². The summed E-state index contributed by atoms with van der Waals surface area (Å²) in [6.07, 6.45) is 3.91. The third kappa shape index (κ3) is 2.90. The Morgan fingerprint density at radius 2 is 1.55 bits per heavy atom. The molecule has 0 radical (unpaired) electrons. The van der Waals surface area contributed by atoms with E-state index in [0.29, 0.717) is 5.78 Å². The molecule has 0 aromatic heterocycles. The Hall–Kier alpha value is -2.09. The summed E-state index contributed by atoms with van der Waals surface area (Å²) in [6, 6.07) is 17.7. The van der Waals surface area contributed by atoms with Crippen LogP contribution in [0.15, 0.2) is 54.6 Å². The molecule has 2 aromatic carbocycles. The molecule has 0 bridgehead atoms. The molecule has 1 atom stereocenters. The van der Waals surface area contributed by atoms with Gasteiger partial charge in [0.2, 0.25) is 0 Å².